The zero-order valence-corrected chi connectivity index (χ0v) is 16.9. The molecule has 0 saturated heterocycles. The summed E-state index contributed by atoms with van der Waals surface area (Å²) in [7, 11) is -3.92. The molecule has 0 aliphatic carbocycles. The van der Waals surface area contributed by atoms with E-state index in [0.717, 1.165) is 0 Å². The lowest BCUT2D eigenvalue weighted by atomic mass is 10.2. The van der Waals surface area contributed by atoms with Crippen molar-refractivity contribution >= 4 is 39.7 Å². The summed E-state index contributed by atoms with van der Waals surface area (Å²) in [5.74, 6) is -0.321. The maximum absolute atomic E-state index is 12.3. The first-order valence-electron chi connectivity index (χ1n) is 8.79. The van der Waals surface area contributed by atoms with Crippen molar-refractivity contribution in [3.63, 3.8) is 0 Å². The predicted octanol–water partition coefficient (Wildman–Crippen LogP) is 4.45. The van der Waals surface area contributed by atoms with E-state index in [1.165, 1.54) is 30.3 Å². The Bertz CT molecular complexity index is 1270. The van der Waals surface area contributed by atoms with Crippen LogP contribution >= 0.6 is 11.6 Å². The maximum atomic E-state index is 12.3. The van der Waals surface area contributed by atoms with Crippen molar-refractivity contribution < 1.29 is 22.1 Å². The van der Waals surface area contributed by atoms with Crippen molar-refractivity contribution in [1.82, 2.24) is 0 Å². The molecule has 1 aliphatic rings. The largest absolute Gasteiger partial charge is 0.402 e. The molecular weight excluding hydrogens is 426 g/mol. The molecule has 3 aromatic carbocycles. The Kier molecular flexibility index (Phi) is 5.39. The smallest absolute Gasteiger partial charge is 0.363 e. The normalized spacial score (nSPS) is 15.0. The van der Waals surface area contributed by atoms with E-state index in [-0.39, 0.29) is 22.2 Å². The van der Waals surface area contributed by atoms with Crippen LogP contribution in [0.3, 0.4) is 0 Å². The second kappa shape index (κ2) is 8.14. The highest BCUT2D eigenvalue weighted by Crippen LogP contribution is 2.25. The number of cyclic esters (lactones) is 1. The fraction of sp³-hybridized carbons (Fsp3) is 0. The van der Waals surface area contributed by atoms with E-state index in [1.54, 1.807) is 54.6 Å². The van der Waals surface area contributed by atoms with Crippen molar-refractivity contribution in [1.29, 1.82) is 0 Å². The second-order valence-electron chi connectivity index (χ2n) is 6.24. The number of hydrogen-bond donors (Lipinski definition) is 0. The number of rotatable bonds is 5. The standard InChI is InChI=1S/C22H14ClNO5S/c23-19-9-5-4-8-18(19)21-24-20(22(25)28-21)14-15-10-12-16(13-11-15)29-30(26,27)17-6-2-1-3-7-17/h1-14H/b20-14+. The Morgan fingerprint density at radius 3 is 2.27 bits per heavy atom. The van der Waals surface area contributed by atoms with Gasteiger partial charge in [-0.25, -0.2) is 9.79 Å². The summed E-state index contributed by atoms with van der Waals surface area (Å²) in [5.41, 5.74) is 1.25. The molecule has 3 aromatic rings. The van der Waals surface area contributed by atoms with Crippen molar-refractivity contribution in [2.45, 2.75) is 4.90 Å². The third-order valence-electron chi connectivity index (χ3n) is 4.15. The molecule has 1 heterocycles. The zero-order chi connectivity index (χ0) is 21.1. The van der Waals surface area contributed by atoms with Crippen LogP contribution in [0.25, 0.3) is 6.08 Å². The van der Waals surface area contributed by atoms with Crippen LogP contribution in [0.4, 0.5) is 0 Å². The van der Waals surface area contributed by atoms with Crippen LogP contribution < -0.4 is 4.18 Å². The summed E-state index contributed by atoms with van der Waals surface area (Å²) in [5, 5.41) is 0.423. The van der Waals surface area contributed by atoms with Gasteiger partial charge in [-0.1, -0.05) is 54.1 Å². The highest BCUT2D eigenvalue weighted by molar-refractivity contribution is 7.87. The van der Waals surface area contributed by atoms with Crippen molar-refractivity contribution in [3.8, 4) is 5.75 Å². The molecule has 0 fully saturated rings. The van der Waals surface area contributed by atoms with Gasteiger partial charge in [0.05, 0.1) is 10.6 Å². The van der Waals surface area contributed by atoms with Crippen molar-refractivity contribution in [3.05, 3.63) is 101 Å². The molecule has 150 valence electrons. The lowest BCUT2D eigenvalue weighted by molar-refractivity contribution is -0.129. The highest BCUT2D eigenvalue weighted by atomic mass is 35.5. The van der Waals surface area contributed by atoms with Gasteiger partial charge in [0.1, 0.15) is 10.6 Å². The monoisotopic (exact) mass is 439 g/mol. The molecule has 8 heteroatoms. The average Bonchev–Trinajstić information content (AvgIpc) is 3.10. The maximum Gasteiger partial charge on any atom is 0.363 e. The van der Waals surface area contributed by atoms with Crippen LogP contribution in [0.15, 0.2) is 94.4 Å². The van der Waals surface area contributed by atoms with Gasteiger partial charge in [0.25, 0.3) is 0 Å². The number of carbonyl (C=O) groups excluding carboxylic acids is 1. The fourth-order valence-corrected chi connectivity index (χ4v) is 3.87. The van der Waals surface area contributed by atoms with Crippen LogP contribution in [0.5, 0.6) is 5.75 Å². The fourth-order valence-electron chi connectivity index (χ4n) is 2.70. The Labute approximate surface area is 178 Å². The van der Waals surface area contributed by atoms with Gasteiger partial charge < -0.3 is 8.92 Å². The lowest BCUT2D eigenvalue weighted by Crippen LogP contribution is -2.09. The number of benzene rings is 3. The molecule has 0 bridgehead atoms. The highest BCUT2D eigenvalue weighted by Gasteiger charge is 2.25. The topological polar surface area (TPSA) is 82.0 Å². The van der Waals surface area contributed by atoms with Gasteiger partial charge >= 0.3 is 16.1 Å². The summed E-state index contributed by atoms with van der Waals surface area (Å²) < 4.78 is 34.9. The van der Waals surface area contributed by atoms with E-state index >= 15 is 0 Å². The van der Waals surface area contributed by atoms with E-state index < -0.39 is 16.1 Å². The minimum Gasteiger partial charge on any atom is -0.402 e. The van der Waals surface area contributed by atoms with Gasteiger partial charge in [-0.3, -0.25) is 0 Å². The number of ether oxygens (including phenoxy) is 1. The van der Waals surface area contributed by atoms with E-state index in [9.17, 15) is 13.2 Å². The number of aliphatic imine (C=N–C) groups is 1. The second-order valence-corrected chi connectivity index (χ2v) is 8.19. The number of esters is 1. The number of nitrogens with zero attached hydrogens (tertiary/aromatic N) is 1. The molecule has 0 N–H and O–H groups in total. The third-order valence-corrected chi connectivity index (χ3v) is 5.74. The van der Waals surface area contributed by atoms with Crippen LogP contribution in [0, 0.1) is 0 Å². The van der Waals surface area contributed by atoms with Gasteiger partial charge in [-0.2, -0.15) is 8.42 Å². The molecule has 0 atom stereocenters. The first kappa shape index (κ1) is 19.9. The summed E-state index contributed by atoms with van der Waals surface area (Å²) in [4.78, 5) is 16.4. The van der Waals surface area contributed by atoms with Crippen LogP contribution in [-0.2, 0) is 19.6 Å². The Balaban J connectivity index is 1.54. The van der Waals surface area contributed by atoms with Crippen molar-refractivity contribution in [2.75, 3.05) is 0 Å². The van der Waals surface area contributed by atoms with Gasteiger partial charge in [-0.15, -0.1) is 0 Å². The first-order chi connectivity index (χ1) is 14.4. The molecule has 30 heavy (non-hydrogen) atoms. The number of halogens is 1. The van der Waals surface area contributed by atoms with Crippen LogP contribution in [-0.4, -0.2) is 20.3 Å². The van der Waals surface area contributed by atoms with E-state index in [0.29, 0.717) is 16.1 Å². The van der Waals surface area contributed by atoms with Crippen LogP contribution in [0.1, 0.15) is 11.1 Å². The van der Waals surface area contributed by atoms with Gasteiger partial charge in [0.15, 0.2) is 5.70 Å². The van der Waals surface area contributed by atoms with Gasteiger partial charge in [-0.05, 0) is 48.0 Å². The number of carbonyl (C=O) groups is 1. The predicted molar refractivity (Wildman–Crippen MR) is 113 cm³/mol. The van der Waals surface area contributed by atoms with E-state index in [1.807, 2.05) is 0 Å². The SMILES string of the molecule is O=C1OC(c2ccccc2Cl)=N/C1=C/c1ccc(OS(=O)(=O)c2ccccc2)cc1. The molecule has 0 amide bonds. The van der Waals surface area contributed by atoms with Crippen molar-refractivity contribution in [2.24, 2.45) is 4.99 Å². The summed E-state index contributed by atoms with van der Waals surface area (Å²) in [6, 6.07) is 21.0. The lowest BCUT2D eigenvalue weighted by Gasteiger charge is -2.07. The first-order valence-corrected chi connectivity index (χ1v) is 10.6. The Morgan fingerprint density at radius 2 is 1.57 bits per heavy atom. The minimum absolute atomic E-state index is 0.0614. The number of hydrogen-bond acceptors (Lipinski definition) is 6. The molecule has 6 nitrogen and oxygen atoms in total. The molecular formula is C22H14ClNO5S. The third kappa shape index (κ3) is 4.27. The summed E-state index contributed by atoms with van der Waals surface area (Å²) in [6.45, 7) is 0. The molecule has 0 radical (unpaired) electrons. The van der Waals surface area contributed by atoms with E-state index in [2.05, 4.69) is 4.99 Å². The van der Waals surface area contributed by atoms with Gasteiger partial charge in [0, 0.05) is 0 Å². The molecule has 4 rings (SSSR count). The Morgan fingerprint density at radius 1 is 0.900 bits per heavy atom. The quantitative estimate of drug-likeness (QED) is 0.333. The minimum atomic E-state index is -3.92. The van der Waals surface area contributed by atoms with E-state index in [4.69, 9.17) is 20.5 Å². The Hall–Kier alpha value is -3.42. The molecule has 0 saturated carbocycles. The molecule has 0 unspecified atom stereocenters. The molecule has 1 aliphatic heterocycles. The molecule has 0 spiro atoms. The summed E-state index contributed by atoms with van der Waals surface area (Å²) >= 11 is 6.12. The average molecular weight is 440 g/mol. The molecule has 0 aromatic heterocycles. The van der Waals surface area contributed by atoms with Gasteiger partial charge in [0.2, 0.25) is 5.90 Å². The van der Waals surface area contributed by atoms with Crippen LogP contribution in [0.2, 0.25) is 5.02 Å². The zero-order valence-electron chi connectivity index (χ0n) is 15.4. The summed E-state index contributed by atoms with van der Waals surface area (Å²) in [6.07, 6.45) is 1.53.